The highest BCUT2D eigenvalue weighted by atomic mass is 16.5. The molecule has 0 radical (unpaired) electrons. The van der Waals surface area contributed by atoms with E-state index in [0.29, 0.717) is 24.6 Å². The average Bonchev–Trinajstić information content (AvgIpc) is 3.44. The fourth-order valence-electron chi connectivity index (χ4n) is 4.18. The summed E-state index contributed by atoms with van der Waals surface area (Å²) in [7, 11) is 0. The van der Waals surface area contributed by atoms with Crippen LogP contribution in [0, 0.1) is 11.8 Å². The molecular weight excluding hydrogens is 386 g/mol. The summed E-state index contributed by atoms with van der Waals surface area (Å²) in [5.41, 5.74) is 2.46. The van der Waals surface area contributed by atoms with Crippen LogP contribution in [0.25, 0.3) is 0 Å². The van der Waals surface area contributed by atoms with Gasteiger partial charge in [0.2, 0.25) is 11.8 Å². The van der Waals surface area contributed by atoms with Crippen LogP contribution in [-0.2, 0) is 20.8 Å². The van der Waals surface area contributed by atoms with E-state index in [1.807, 2.05) is 19.1 Å². The number of hydrogen-bond acceptors (Lipinski definition) is 6. The van der Waals surface area contributed by atoms with E-state index in [-0.39, 0.29) is 18.2 Å². The van der Waals surface area contributed by atoms with E-state index in [9.17, 15) is 14.4 Å². The number of rotatable bonds is 8. The number of hydrazone groups is 1. The molecule has 3 N–H and O–H groups in total. The van der Waals surface area contributed by atoms with Crippen molar-refractivity contribution in [1.82, 2.24) is 15.5 Å². The standard InChI is InChI=1S/C21H29N5O4/c1-2-16-8-5-9-18(23-16)24-20(28)17-10-11-22-26(17)21(29)15(13-19(27)25-30)12-14-6-3-4-7-14/h5,8-9,11,14-15,17,30H,2-4,6-7,10,12-13H2,1H3,(H,25,27)(H,23,24,28)/t15-,17+/m1/s1. The fraction of sp³-hybridized carbons (Fsp3) is 0.571. The Hall–Kier alpha value is -2.81. The van der Waals surface area contributed by atoms with Gasteiger partial charge in [0.25, 0.3) is 5.91 Å². The van der Waals surface area contributed by atoms with Gasteiger partial charge in [0.15, 0.2) is 0 Å². The van der Waals surface area contributed by atoms with Crippen LogP contribution in [0.1, 0.15) is 57.6 Å². The number of pyridine rings is 1. The molecular formula is C21H29N5O4. The third-order valence-electron chi connectivity index (χ3n) is 5.78. The highest BCUT2D eigenvalue weighted by Crippen LogP contribution is 2.33. The molecule has 0 unspecified atom stereocenters. The molecule has 1 fully saturated rings. The van der Waals surface area contributed by atoms with Crippen LogP contribution >= 0.6 is 0 Å². The number of amides is 3. The first-order valence-electron chi connectivity index (χ1n) is 10.6. The minimum Gasteiger partial charge on any atom is -0.309 e. The Morgan fingerprint density at radius 3 is 2.73 bits per heavy atom. The van der Waals surface area contributed by atoms with Crippen molar-refractivity contribution in [3.63, 3.8) is 0 Å². The summed E-state index contributed by atoms with van der Waals surface area (Å²) in [4.78, 5) is 42.2. The van der Waals surface area contributed by atoms with Crippen LogP contribution in [0.15, 0.2) is 23.3 Å². The molecule has 0 aromatic carbocycles. The van der Waals surface area contributed by atoms with Crippen LogP contribution in [0.5, 0.6) is 0 Å². The normalized spacial score (nSPS) is 19.7. The molecule has 30 heavy (non-hydrogen) atoms. The summed E-state index contributed by atoms with van der Waals surface area (Å²) >= 11 is 0. The lowest BCUT2D eigenvalue weighted by Gasteiger charge is -2.26. The van der Waals surface area contributed by atoms with Crippen molar-refractivity contribution in [3.8, 4) is 0 Å². The van der Waals surface area contributed by atoms with E-state index in [1.54, 1.807) is 11.5 Å². The van der Waals surface area contributed by atoms with E-state index in [0.717, 1.165) is 37.8 Å². The Labute approximate surface area is 175 Å². The van der Waals surface area contributed by atoms with Gasteiger partial charge in [-0.2, -0.15) is 5.10 Å². The molecule has 0 spiro atoms. The SMILES string of the molecule is CCc1cccc(NC(=O)[C@@H]2CC=NN2C(=O)[C@@H](CC(=O)NO)CC2CCCC2)n1. The zero-order valence-corrected chi connectivity index (χ0v) is 17.2. The molecule has 3 amide bonds. The lowest BCUT2D eigenvalue weighted by Crippen LogP contribution is -2.45. The number of aromatic nitrogens is 1. The Morgan fingerprint density at radius 2 is 2.03 bits per heavy atom. The monoisotopic (exact) mass is 415 g/mol. The Balaban J connectivity index is 1.70. The predicted molar refractivity (Wildman–Crippen MR) is 111 cm³/mol. The largest absolute Gasteiger partial charge is 0.309 e. The molecule has 1 aliphatic heterocycles. The van der Waals surface area contributed by atoms with E-state index >= 15 is 0 Å². The van der Waals surface area contributed by atoms with Gasteiger partial charge in [-0.15, -0.1) is 0 Å². The molecule has 9 nitrogen and oxygen atoms in total. The number of carbonyl (C=O) groups excluding carboxylic acids is 3. The number of hydroxylamine groups is 1. The molecule has 0 bridgehead atoms. The molecule has 2 aliphatic rings. The molecule has 1 aliphatic carbocycles. The van der Waals surface area contributed by atoms with E-state index < -0.39 is 17.9 Å². The highest BCUT2D eigenvalue weighted by molar-refractivity contribution is 5.99. The van der Waals surface area contributed by atoms with Gasteiger partial charge in [0.05, 0.1) is 0 Å². The van der Waals surface area contributed by atoms with Crippen LogP contribution in [-0.4, -0.2) is 45.2 Å². The molecule has 1 saturated carbocycles. The number of nitrogens with one attached hydrogen (secondary N) is 2. The number of aryl methyl sites for hydroxylation is 1. The van der Waals surface area contributed by atoms with Crippen LogP contribution in [0.3, 0.4) is 0 Å². The second-order valence-electron chi connectivity index (χ2n) is 7.91. The average molecular weight is 415 g/mol. The molecule has 1 aromatic rings. The van der Waals surface area contributed by atoms with Crippen molar-refractivity contribution >= 4 is 29.8 Å². The predicted octanol–water partition coefficient (Wildman–Crippen LogP) is 2.26. The van der Waals surface area contributed by atoms with E-state index in [4.69, 9.17) is 5.21 Å². The van der Waals surface area contributed by atoms with Gasteiger partial charge in [-0.05, 0) is 30.9 Å². The van der Waals surface area contributed by atoms with Crippen LogP contribution in [0.4, 0.5) is 5.82 Å². The zero-order chi connectivity index (χ0) is 21.5. The van der Waals surface area contributed by atoms with E-state index in [1.165, 1.54) is 11.2 Å². The molecule has 1 aromatic heterocycles. The minimum absolute atomic E-state index is 0.133. The fourth-order valence-corrected chi connectivity index (χ4v) is 4.18. The Kier molecular flexibility index (Phi) is 7.51. The zero-order valence-electron chi connectivity index (χ0n) is 17.2. The second kappa shape index (κ2) is 10.3. The first-order valence-corrected chi connectivity index (χ1v) is 10.6. The van der Waals surface area contributed by atoms with Gasteiger partial charge in [-0.25, -0.2) is 15.5 Å². The lowest BCUT2D eigenvalue weighted by atomic mass is 9.89. The molecule has 2 atom stereocenters. The second-order valence-corrected chi connectivity index (χ2v) is 7.91. The first-order chi connectivity index (χ1) is 14.5. The molecule has 0 saturated heterocycles. The number of anilines is 1. The summed E-state index contributed by atoms with van der Waals surface area (Å²) in [5.74, 6) is -1.18. The summed E-state index contributed by atoms with van der Waals surface area (Å²) in [5, 5.41) is 17.0. The quantitative estimate of drug-likeness (QED) is 0.444. The van der Waals surface area contributed by atoms with Crippen molar-refractivity contribution < 1.29 is 19.6 Å². The third-order valence-corrected chi connectivity index (χ3v) is 5.78. The topological polar surface area (TPSA) is 124 Å². The third kappa shape index (κ3) is 5.41. The lowest BCUT2D eigenvalue weighted by molar-refractivity contribution is -0.144. The Bertz CT molecular complexity index is 806. The van der Waals surface area contributed by atoms with Gasteiger partial charge in [0.1, 0.15) is 11.9 Å². The summed E-state index contributed by atoms with van der Waals surface area (Å²) < 4.78 is 0. The highest BCUT2D eigenvalue weighted by Gasteiger charge is 2.38. The molecule has 9 heteroatoms. The summed E-state index contributed by atoms with van der Waals surface area (Å²) in [6.07, 6.45) is 7.29. The van der Waals surface area contributed by atoms with Gasteiger partial charge >= 0.3 is 0 Å². The Morgan fingerprint density at radius 1 is 1.27 bits per heavy atom. The van der Waals surface area contributed by atoms with Crippen molar-refractivity contribution in [2.45, 2.75) is 64.3 Å². The van der Waals surface area contributed by atoms with Crippen LogP contribution in [0.2, 0.25) is 0 Å². The minimum atomic E-state index is -0.784. The maximum atomic E-state index is 13.2. The summed E-state index contributed by atoms with van der Waals surface area (Å²) in [6, 6.07) is 4.62. The number of hydrogen-bond donors (Lipinski definition) is 3. The van der Waals surface area contributed by atoms with E-state index in [2.05, 4.69) is 15.4 Å². The first kappa shape index (κ1) is 21.9. The maximum Gasteiger partial charge on any atom is 0.250 e. The molecule has 2 heterocycles. The number of nitrogens with zero attached hydrogens (tertiary/aromatic N) is 3. The maximum absolute atomic E-state index is 13.2. The molecule has 162 valence electrons. The van der Waals surface area contributed by atoms with Gasteiger partial charge < -0.3 is 5.32 Å². The smallest absolute Gasteiger partial charge is 0.250 e. The van der Waals surface area contributed by atoms with Gasteiger partial charge in [-0.1, -0.05) is 38.7 Å². The van der Waals surface area contributed by atoms with Crippen molar-refractivity contribution in [2.24, 2.45) is 16.9 Å². The van der Waals surface area contributed by atoms with Gasteiger partial charge in [-0.3, -0.25) is 19.6 Å². The summed E-state index contributed by atoms with van der Waals surface area (Å²) in [6.45, 7) is 1.98. The van der Waals surface area contributed by atoms with Crippen molar-refractivity contribution in [1.29, 1.82) is 0 Å². The van der Waals surface area contributed by atoms with Crippen molar-refractivity contribution in [2.75, 3.05) is 5.32 Å². The molecule has 3 rings (SSSR count). The van der Waals surface area contributed by atoms with Gasteiger partial charge in [0, 0.05) is 30.7 Å². The number of carbonyl (C=O) groups is 3. The van der Waals surface area contributed by atoms with Crippen molar-refractivity contribution in [3.05, 3.63) is 23.9 Å². The van der Waals surface area contributed by atoms with Crippen LogP contribution < -0.4 is 10.8 Å².